The lowest BCUT2D eigenvalue weighted by molar-refractivity contribution is 0.649. The fourth-order valence-corrected chi connectivity index (χ4v) is 3.55. The largest absolute Gasteiger partial charge is 0.331 e. The first-order valence-electron chi connectivity index (χ1n) is 6.21. The van der Waals surface area contributed by atoms with E-state index in [1.807, 2.05) is 18.2 Å². The third kappa shape index (κ3) is 2.50. The molecule has 0 fully saturated rings. The number of halogens is 2. The van der Waals surface area contributed by atoms with E-state index in [9.17, 15) is 0 Å². The molecule has 0 aliphatic heterocycles. The highest BCUT2D eigenvalue weighted by atomic mass is 79.9. The van der Waals surface area contributed by atoms with Gasteiger partial charge >= 0.3 is 0 Å². The zero-order valence-corrected chi connectivity index (χ0v) is 14.7. The smallest absolute Gasteiger partial charge is 0.178 e. The SMILES string of the molecule is CC(c1cccc(Br)c1)n1c(=S)[nH]c2cc(Br)ccc21. The molecule has 5 heteroatoms. The van der Waals surface area contributed by atoms with Crippen LogP contribution in [-0.4, -0.2) is 9.55 Å². The number of rotatable bonds is 2. The maximum Gasteiger partial charge on any atom is 0.178 e. The summed E-state index contributed by atoms with van der Waals surface area (Å²) in [6.45, 7) is 2.16. The van der Waals surface area contributed by atoms with Crippen LogP contribution in [-0.2, 0) is 0 Å². The lowest BCUT2D eigenvalue weighted by atomic mass is 10.1. The summed E-state index contributed by atoms with van der Waals surface area (Å²) in [6.07, 6.45) is 0. The molecule has 0 saturated carbocycles. The van der Waals surface area contributed by atoms with Gasteiger partial charge in [0.25, 0.3) is 0 Å². The summed E-state index contributed by atoms with van der Waals surface area (Å²) in [5, 5.41) is 0. The maximum atomic E-state index is 5.49. The molecule has 3 aromatic rings. The molecular formula is C15H12Br2N2S. The van der Waals surface area contributed by atoms with Gasteiger partial charge in [0.2, 0.25) is 0 Å². The summed E-state index contributed by atoms with van der Waals surface area (Å²) in [7, 11) is 0. The standard InChI is InChI=1S/C15H12Br2N2S/c1-9(10-3-2-4-11(16)7-10)19-14-6-5-12(17)8-13(14)18-15(19)20/h2-9H,1H3,(H,18,20). The normalized spacial score (nSPS) is 12.8. The molecule has 2 nitrogen and oxygen atoms in total. The number of H-pyrrole nitrogens is 1. The number of imidazole rings is 1. The molecule has 1 N–H and O–H groups in total. The Balaban J connectivity index is 2.19. The Labute approximate surface area is 139 Å². The van der Waals surface area contributed by atoms with Crippen molar-refractivity contribution in [1.29, 1.82) is 0 Å². The van der Waals surface area contributed by atoms with Crippen LogP contribution in [0.5, 0.6) is 0 Å². The van der Waals surface area contributed by atoms with Crippen molar-refractivity contribution in [3.05, 3.63) is 61.7 Å². The minimum absolute atomic E-state index is 0.176. The molecule has 1 unspecified atom stereocenters. The van der Waals surface area contributed by atoms with Crippen molar-refractivity contribution in [2.45, 2.75) is 13.0 Å². The third-order valence-electron chi connectivity index (χ3n) is 3.40. The van der Waals surface area contributed by atoms with Gasteiger partial charge in [-0.1, -0.05) is 44.0 Å². The summed E-state index contributed by atoms with van der Waals surface area (Å²) in [5.74, 6) is 0. The Morgan fingerprint density at radius 2 is 1.85 bits per heavy atom. The van der Waals surface area contributed by atoms with Crippen LogP contribution in [0.1, 0.15) is 18.5 Å². The van der Waals surface area contributed by atoms with E-state index < -0.39 is 0 Å². The number of nitrogens with one attached hydrogen (secondary N) is 1. The van der Waals surface area contributed by atoms with Crippen LogP contribution in [0.2, 0.25) is 0 Å². The molecule has 0 aliphatic carbocycles. The topological polar surface area (TPSA) is 20.7 Å². The van der Waals surface area contributed by atoms with E-state index in [4.69, 9.17) is 12.2 Å². The molecule has 0 aliphatic rings. The Kier molecular flexibility index (Phi) is 3.84. The monoisotopic (exact) mass is 410 g/mol. The summed E-state index contributed by atoms with van der Waals surface area (Å²) >= 11 is 12.5. The first-order chi connectivity index (χ1) is 9.56. The van der Waals surface area contributed by atoms with Crippen molar-refractivity contribution >= 4 is 55.1 Å². The Hall–Kier alpha value is -0.910. The van der Waals surface area contributed by atoms with Crippen molar-refractivity contribution in [2.24, 2.45) is 0 Å². The van der Waals surface area contributed by atoms with E-state index in [0.717, 1.165) is 24.7 Å². The van der Waals surface area contributed by atoms with Crippen molar-refractivity contribution in [2.75, 3.05) is 0 Å². The molecule has 1 atom stereocenters. The Bertz CT molecular complexity index is 835. The van der Waals surface area contributed by atoms with Crippen molar-refractivity contribution in [3.63, 3.8) is 0 Å². The summed E-state index contributed by atoms with van der Waals surface area (Å²) in [4.78, 5) is 3.27. The van der Waals surface area contributed by atoms with E-state index >= 15 is 0 Å². The molecule has 20 heavy (non-hydrogen) atoms. The molecule has 0 saturated heterocycles. The van der Waals surface area contributed by atoms with Crippen LogP contribution in [0.4, 0.5) is 0 Å². The third-order valence-corrected chi connectivity index (χ3v) is 4.68. The van der Waals surface area contributed by atoms with Gasteiger partial charge in [-0.3, -0.25) is 0 Å². The van der Waals surface area contributed by atoms with Gasteiger partial charge in [-0.25, -0.2) is 0 Å². The fraction of sp³-hybridized carbons (Fsp3) is 0.133. The van der Waals surface area contributed by atoms with Gasteiger partial charge in [-0.15, -0.1) is 0 Å². The van der Waals surface area contributed by atoms with Crippen LogP contribution in [0.25, 0.3) is 11.0 Å². The highest BCUT2D eigenvalue weighted by Gasteiger charge is 2.13. The second-order valence-electron chi connectivity index (χ2n) is 4.69. The predicted octanol–water partition coefficient (Wildman–Crippen LogP) is 5.83. The lowest BCUT2D eigenvalue weighted by Crippen LogP contribution is -2.06. The number of hydrogen-bond acceptors (Lipinski definition) is 1. The minimum atomic E-state index is 0.176. The van der Waals surface area contributed by atoms with E-state index in [1.54, 1.807) is 0 Å². The van der Waals surface area contributed by atoms with Crippen LogP contribution in [0, 0.1) is 4.77 Å². The molecular weight excluding hydrogens is 400 g/mol. The lowest BCUT2D eigenvalue weighted by Gasteiger charge is -2.15. The molecule has 0 radical (unpaired) electrons. The second kappa shape index (κ2) is 5.47. The molecule has 2 aromatic carbocycles. The average molecular weight is 412 g/mol. The number of nitrogens with zero attached hydrogens (tertiary/aromatic N) is 1. The van der Waals surface area contributed by atoms with Gasteiger partial charge in [0.1, 0.15) is 0 Å². The molecule has 1 aromatic heterocycles. The van der Waals surface area contributed by atoms with Gasteiger partial charge in [-0.2, -0.15) is 0 Å². The Morgan fingerprint density at radius 1 is 1.10 bits per heavy atom. The summed E-state index contributed by atoms with van der Waals surface area (Å²) in [5.41, 5.74) is 3.39. The predicted molar refractivity (Wildman–Crippen MR) is 92.8 cm³/mol. The molecule has 3 rings (SSSR count). The number of fused-ring (bicyclic) bond motifs is 1. The van der Waals surface area contributed by atoms with E-state index in [2.05, 4.69) is 72.6 Å². The second-order valence-corrected chi connectivity index (χ2v) is 6.91. The highest BCUT2D eigenvalue weighted by Crippen LogP contribution is 2.27. The maximum absolute atomic E-state index is 5.49. The van der Waals surface area contributed by atoms with Crippen LogP contribution < -0.4 is 0 Å². The van der Waals surface area contributed by atoms with E-state index in [0.29, 0.717) is 0 Å². The first kappa shape index (κ1) is 14.0. The number of aromatic amines is 1. The number of aromatic nitrogens is 2. The van der Waals surface area contributed by atoms with Crippen molar-refractivity contribution < 1.29 is 0 Å². The molecule has 102 valence electrons. The van der Waals surface area contributed by atoms with Crippen LogP contribution in [0.3, 0.4) is 0 Å². The van der Waals surface area contributed by atoms with Gasteiger partial charge in [-0.05, 0) is 55.0 Å². The molecule has 0 spiro atoms. The fourth-order valence-electron chi connectivity index (χ4n) is 2.40. The Morgan fingerprint density at radius 3 is 2.60 bits per heavy atom. The zero-order chi connectivity index (χ0) is 14.3. The zero-order valence-electron chi connectivity index (χ0n) is 10.7. The molecule has 0 bridgehead atoms. The van der Waals surface area contributed by atoms with Gasteiger partial charge in [0.15, 0.2) is 4.77 Å². The minimum Gasteiger partial charge on any atom is -0.331 e. The van der Waals surface area contributed by atoms with Crippen LogP contribution >= 0.6 is 44.1 Å². The summed E-state index contributed by atoms with van der Waals surface area (Å²) in [6, 6.07) is 14.7. The summed E-state index contributed by atoms with van der Waals surface area (Å²) < 4.78 is 5.02. The van der Waals surface area contributed by atoms with Gasteiger partial charge in [0, 0.05) is 8.95 Å². The first-order valence-corrected chi connectivity index (χ1v) is 8.21. The molecule has 0 amide bonds. The molecule has 1 heterocycles. The van der Waals surface area contributed by atoms with Crippen molar-refractivity contribution in [3.8, 4) is 0 Å². The van der Waals surface area contributed by atoms with Gasteiger partial charge < -0.3 is 9.55 Å². The highest BCUT2D eigenvalue weighted by molar-refractivity contribution is 9.10. The van der Waals surface area contributed by atoms with E-state index in [-0.39, 0.29) is 6.04 Å². The van der Waals surface area contributed by atoms with E-state index in [1.165, 1.54) is 5.56 Å². The van der Waals surface area contributed by atoms with Gasteiger partial charge in [0.05, 0.1) is 17.1 Å². The number of hydrogen-bond donors (Lipinski definition) is 1. The van der Waals surface area contributed by atoms with Crippen molar-refractivity contribution in [1.82, 2.24) is 9.55 Å². The quantitative estimate of drug-likeness (QED) is 0.525. The average Bonchev–Trinajstić information content (AvgIpc) is 2.73. The van der Waals surface area contributed by atoms with Crippen LogP contribution in [0.15, 0.2) is 51.4 Å². The number of benzene rings is 2.